The molecule has 0 bridgehead atoms. The number of likely N-dealkylation sites (N-methyl/N-ethyl adjacent to an activating group) is 1. The van der Waals surface area contributed by atoms with Gasteiger partial charge in [0.1, 0.15) is 0 Å². The number of ether oxygens (including phenoxy) is 1. The highest BCUT2D eigenvalue weighted by atomic mass is 16.5. The molecule has 4 heteroatoms. The maximum absolute atomic E-state index is 5.60. The molecular formula is C25H31N3O. The second-order valence-electron chi connectivity index (χ2n) is 8.09. The number of benzene rings is 2. The Morgan fingerprint density at radius 2 is 1.69 bits per heavy atom. The van der Waals surface area contributed by atoms with Crippen LogP contribution >= 0.6 is 0 Å². The van der Waals surface area contributed by atoms with Crippen LogP contribution in [0.4, 0.5) is 5.69 Å². The van der Waals surface area contributed by atoms with Crippen LogP contribution in [0.5, 0.6) is 0 Å². The van der Waals surface area contributed by atoms with Crippen molar-refractivity contribution in [3.63, 3.8) is 0 Å². The van der Waals surface area contributed by atoms with Crippen LogP contribution in [0.3, 0.4) is 0 Å². The summed E-state index contributed by atoms with van der Waals surface area (Å²) in [6, 6.07) is 21.6. The summed E-state index contributed by atoms with van der Waals surface area (Å²) >= 11 is 0. The van der Waals surface area contributed by atoms with E-state index in [4.69, 9.17) is 9.72 Å². The van der Waals surface area contributed by atoms with Gasteiger partial charge in [0.15, 0.2) is 0 Å². The number of hydrogen-bond acceptors (Lipinski definition) is 4. The van der Waals surface area contributed by atoms with Crippen LogP contribution in [-0.2, 0) is 16.7 Å². The molecule has 0 spiro atoms. The highest BCUT2D eigenvalue weighted by Crippen LogP contribution is 2.37. The number of anilines is 1. The molecule has 1 aliphatic rings. The monoisotopic (exact) mass is 389 g/mol. The first-order valence-corrected chi connectivity index (χ1v) is 10.6. The van der Waals surface area contributed by atoms with Gasteiger partial charge in [0, 0.05) is 24.2 Å². The Morgan fingerprint density at radius 1 is 1.00 bits per heavy atom. The molecule has 2 heterocycles. The fraction of sp³-hybridized carbons (Fsp3) is 0.400. The average Bonchev–Trinajstić information content (AvgIpc) is 2.78. The Kier molecular flexibility index (Phi) is 5.84. The van der Waals surface area contributed by atoms with E-state index >= 15 is 0 Å². The summed E-state index contributed by atoms with van der Waals surface area (Å²) in [4.78, 5) is 9.99. The van der Waals surface area contributed by atoms with Crippen LogP contribution in [0, 0.1) is 0 Å². The van der Waals surface area contributed by atoms with Gasteiger partial charge in [-0.2, -0.15) is 0 Å². The number of hydrogen-bond donors (Lipinski definition) is 0. The number of para-hydroxylation sites is 1. The smallest absolute Gasteiger partial charge is 0.0727 e. The Bertz CT molecular complexity index is 951. The van der Waals surface area contributed by atoms with Crippen LogP contribution < -0.4 is 4.90 Å². The summed E-state index contributed by atoms with van der Waals surface area (Å²) < 4.78 is 5.60. The third-order valence-electron chi connectivity index (χ3n) is 6.30. The average molecular weight is 390 g/mol. The predicted molar refractivity (Wildman–Crippen MR) is 121 cm³/mol. The molecule has 0 N–H and O–H groups in total. The number of morpholine rings is 1. The van der Waals surface area contributed by atoms with E-state index < -0.39 is 0 Å². The van der Waals surface area contributed by atoms with Gasteiger partial charge in [-0.15, -0.1) is 0 Å². The first kappa shape index (κ1) is 19.9. The Labute approximate surface area is 174 Å². The van der Waals surface area contributed by atoms with E-state index in [0.29, 0.717) is 0 Å². The van der Waals surface area contributed by atoms with E-state index in [-0.39, 0.29) is 5.54 Å². The van der Waals surface area contributed by atoms with Crippen LogP contribution in [0.25, 0.3) is 10.9 Å². The lowest BCUT2D eigenvalue weighted by atomic mass is 9.83. The largest absolute Gasteiger partial charge is 0.378 e. The lowest BCUT2D eigenvalue weighted by Gasteiger charge is -2.40. The summed E-state index contributed by atoms with van der Waals surface area (Å²) in [7, 11) is 4.36. The maximum atomic E-state index is 5.60. The summed E-state index contributed by atoms with van der Waals surface area (Å²) in [5, 5.41) is 1.22. The first-order valence-electron chi connectivity index (χ1n) is 10.6. The van der Waals surface area contributed by atoms with Crippen LogP contribution in [-0.4, -0.2) is 50.3 Å². The number of aromatic nitrogens is 1. The maximum Gasteiger partial charge on any atom is 0.0727 e. The minimum atomic E-state index is -0.160. The first-order chi connectivity index (χ1) is 14.1. The Balaban J connectivity index is 1.87. The number of nitrogens with zero attached hydrogens (tertiary/aromatic N) is 3. The highest BCUT2D eigenvalue weighted by Gasteiger charge is 2.35. The van der Waals surface area contributed by atoms with E-state index in [1.54, 1.807) is 0 Å². The molecule has 1 saturated heterocycles. The molecule has 0 aliphatic carbocycles. The van der Waals surface area contributed by atoms with Gasteiger partial charge in [0.25, 0.3) is 0 Å². The van der Waals surface area contributed by atoms with Gasteiger partial charge in [0.05, 0.1) is 30.0 Å². The fourth-order valence-electron chi connectivity index (χ4n) is 4.49. The molecule has 2 aromatic carbocycles. The number of pyridine rings is 1. The van der Waals surface area contributed by atoms with Crippen molar-refractivity contribution in [3.05, 3.63) is 71.9 Å². The van der Waals surface area contributed by atoms with Gasteiger partial charge >= 0.3 is 0 Å². The van der Waals surface area contributed by atoms with Crippen LogP contribution in [0.15, 0.2) is 60.7 Å². The zero-order valence-electron chi connectivity index (χ0n) is 17.8. The van der Waals surface area contributed by atoms with Gasteiger partial charge in [-0.25, -0.2) is 0 Å². The normalized spacial score (nSPS) is 16.9. The molecular weight excluding hydrogens is 358 g/mol. The summed E-state index contributed by atoms with van der Waals surface area (Å²) in [5.74, 6) is 0. The van der Waals surface area contributed by atoms with E-state index in [1.165, 1.54) is 16.6 Å². The van der Waals surface area contributed by atoms with E-state index in [2.05, 4.69) is 91.5 Å². The lowest BCUT2D eigenvalue weighted by molar-refractivity contribution is 0.122. The van der Waals surface area contributed by atoms with E-state index in [9.17, 15) is 0 Å². The molecule has 1 unspecified atom stereocenters. The molecule has 29 heavy (non-hydrogen) atoms. The SMILES string of the molecule is CCC(Cc1ccccc1)(c1cc(N2CCOCC2)c2ccccc2n1)N(C)C. The lowest BCUT2D eigenvalue weighted by Crippen LogP contribution is -2.44. The molecule has 0 radical (unpaired) electrons. The van der Waals surface area contributed by atoms with Crippen molar-refractivity contribution in [1.29, 1.82) is 0 Å². The van der Waals surface area contributed by atoms with Crippen molar-refractivity contribution >= 4 is 16.6 Å². The second kappa shape index (κ2) is 8.52. The standard InChI is InChI=1S/C25H31N3O/c1-4-25(27(2)3,19-20-10-6-5-7-11-20)24-18-23(28-14-16-29-17-15-28)21-12-8-9-13-22(21)26-24/h5-13,18H,4,14-17,19H2,1-3H3. The minimum Gasteiger partial charge on any atom is -0.378 e. The summed E-state index contributed by atoms with van der Waals surface area (Å²) in [5.41, 5.74) is 4.67. The molecule has 152 valence electrons. The third kappa shape index (κ3) is 3.87. The molecule has 0 amide bonds. The van der Waals surface area contributed by atoms with Crippen molar-refractivity contribution in [2.24, 2.45) is 0 Å². The molecule has 4 rings (SSSR count). The Morgan fingerprint density at radius 3 is 2.38 bits per heavy atom. The fourth-order valence-corrected chi connectivity index (χ4v) is 4.49. The van der Waals surface area contributed by atoms with Gasteiger partial charge in [-0.3, -0.25) is 9.88 Å². The van der Waals surface area contributed by atoms with Crippen molar-refractivity contribution in [2.75, 3.05) is 45.3 Å². The van der Waals surface area contributed by atoms with Gasteiger partial charge in [0.2, 0.25) is 0 Å². The third-order valence-corrected chi connectivity index (χ3v) is 6.30. The zero-order chi connectivity index (χ0) is 20.3. The van der Waals surface area contributed by atoms with E-state index in [1.807, 2.05) is 0 Å². The zero-order valence-corrected chi connectivity index (χ0v) is 17.8. The van der Waals surface area contributed by atoms with Gasteiger partial charge in [-0.05, 0) is 44.6 Å². The van der Waals surface area contributed by atoms with Crippen molar-refractivity contribution in [3.8, 4) is 0 Å². The van der Waals surface area contributed by atoms with Gasteiger partial charge in [-0.1, -0.05) is 55.5 Å². The quantitative estimate of drug-likeness (QED) is 0.621. The topological polar surface area (TPSA) is 28.6 Å². The van der Waals surface area contributed by atoms with Crippen LogP contribution in [0.2, 0.25) is 0 Å². The number of rotatable bonds is 6. The number of fused-ring (bicyclic) bond motifs is 1. The summed E-state index contributed by atoms with van der Waals surface area (Å²) in [6.07, 6.45) is 1.92. The van der Waals surface area contributed by atoms with Crippen LogP contribution in [0.1, 0.15) is 24.6 Å². The van der Waals surface area contributed by atoms with Crippen molar-refractivity contribution in [2.45, 2.75) is 25.3 Å². The minimum absolute atomic E-state index is 0.160. The summed E-state index contributed by atoms with van der Waals surface area (Å²) in [6.45, 7) is 5.68. The molecule has 1 fully saturated rings. The van der Waals surface area contributed by atoms with Gasteiger partial charge < -0.3 is 9.64 Å². The van der Waals surface area contributed by atoms with E-state index in [0.717, 1.165) is 50.4 Å². The predicted octanol–water partition coefficient (Wildman–Crippen LogP) is 4.48. The molecule has 1 aromatic heterocycles. The molecule has 1 atom stereocenters. The molecule has 4 nitrogen and oxygen atoms in total. The Hall–Kier alpha value is -2.43. The molecule has 0 saturated carbocycles. The van der Waals surface area contributed by atoms with Crippen molar-refractivity contribution in [1.82, 2.24) is 9.88 Å². The van der Waals surface area contributed by atoms with Crippen molar-refractivity contribution < 1.29 is 4.74 Å². The molecule has 1 aliphatic heterocycles. The highest BCUT2D eigenvalue weighted by molar-refractivity contribution is 5.92. The molecule has 3 aromatic rings. The second-order valence-corrected chi connectivity index (χ2v) is 8.09.